The fourth-order valence-electron chi connectivity index (χ4n) is 9.12. The summed E-state index contributed by atoms with van der Waals surface area (Å²) in [5.74, 6) is 0.704. The zero-order valence-corrected chi connectivity index (χ0v) is 32.7. The molecule has 2 heterocycles. The lowest BCUT2D eigenvalue weighted by atomic mass is 9.86. The van der Waals surface area contributed by atoms with Crippen molar-refractivity contribution in [2.24, 2.45) is 0 Å². The van der Waals surface area contributed by atoms with Crippen molar-refractivity contribution in [1.29, 1.82) is 0 Å². The van der Waals surface area contributed by atoms with Crippen LogP contribution >= 0.6 is 11.3 Å². The van der Waals surface area contributed by atoms with Crippen molar-refractivity contribution in [2.45, 2.75) is 0 Å². The Morgan fingerprint density at radius 3 is 1.80 bits per heavy atom. The Morgan fingerprint density at radius 1 is 0.305 bits per heavy atom. The van der Waals surface area contributed by atoms with Crippen LogP contribution in [0.1, 0.15) is 0 Å². The highest BCUT2D eigenvalue weighted by Crippen LogP contribution is 2.45. The van der Waals surface area contributed by atoms with Gasteiger partial charge in [0.25, 0.3) is 0 Å². The summed E-state index contributed by atoms with van der Waals surface area (Å²) in [6.07, 6.45) is 0. The van der Waals surface area contributed by atoms with E-state index in [0.717, 1.165) is 33.5 Å². The first kappa shape index (κ1) is 33.7. The third kappa shape index (κ3) is 5.55. The molecule has 0 amide bonds. The molecule has 10 aromatic carbocycles. The van der Waals surface area contributed by atoms with Crippen LogP contribution in [0.4, 0.5) is 0 Å². The van der Waals surface area contributed by atoms with Crippen LogP contribution in [0.5, 0.6) is 0 Å². The van der Waals surface area contributed by atoms with Crippen LogP contribution in [-0.2, 0) is 0 Å². The molecular formula is C56H34N2S. The molecule has 59 heavy (non-hydrogen) atoms. The molecule has 274 valence electrons. The van der Waals surface area contributed by atoms with Crippen LogP contribution in [0.3, 0.4) is 0 Å². The average Bonchev–Trinajstić information content (AvgIpc) is 3.70. The van der Waals surface area contributed by atoms with Gasteiger partial charge in [0.05, 0.1) is 11.4 Å². The van der Waals surface area contributed by atoms with Gasteiger partial charge in [0, 0.05) is 36.9 Å². The van der Waals surface area contributed by atoms with Gasteiger partial charge in [-0.3, -0.25) is 0 Å². The van der Waals surface area contributed by atoms with Crippen molar-refractivity contribution in [2.75, 3.05) is 0 Å². The van der Waals surface area contributed by atoms with E-state index in [2.05, 4.69) is 200 Å². The van der Waals surface area contributed by atoms with E-state index in [9.17, 15) is 0 Å². The summed E-state index contributed by atoms with van der Waals surface area (Å²) in [6, 6.07) is 74.5. The average molecular weight is 767 g/mol. The molecule has 2 aromatic heterocycles. The molecule has 0 spiro atoms. The zero-order valence-electron chi connectivity index (χ0n) is 31.9. The summed E-state index contributed by atoms with van der Waals surface area (Å²) in [5, 5.41) is 12.5. The second kappa shape index (κ2) is 13.6. The van der Waals surface area contributed by atoms with E-state index in [-0.39, 0.29) is 0 Å². The number of nitrogens with zero attached hydrogens (tertiary/aromatic N) is 2. The van der Waals surface area contributed by atoms with Crippen LogP contribution in [0.2, 0.25) is 0 Å². The Kier molecular flexibility index (Phi) is 7.75. The van der Waals surface area contributed by atoms with E-state index in [0.29, 0.717) is 5.82 Å². The first-order valence-corrected chi connectivity index (χ1v) is 20.9. The van der Waals surface area contributed by atoms with Crippen molar-refractivity contribution in [3.8, 4) is 56.2 Å². The second-order valence-electron chi connectivity index (χ2n) is 15.3. The molecule has 0 atom stereocenters. The maximum absolute atomic E-state index is 5.32. The molecule has 0 aliphatic heterocycles. The highest BCUT2D eigenvalue weighted by atomic mass is 32.1. The van der Waals surface area contributed by atoms with Gasteiger partial charge in [-0.05, 0) is 89.6 Å². The zero-order chi connectivity index (χ0) is 38.9. The lowest BCUT2D eigenvalue weighted by Gasteiger charge is -2.17. The summed E-state index contributed by atoms with van der Waals surface area (Å²) in [4.78, 5) is 10.6. The molecule has 0 radical (unpaired) electrons. The molecular weight excluding hydrogens is 733 g/mol. The Bertz CT molecular complexity index is 3620. The van der Waals surface area contributed by atoms with Crippen molar-refractivity contribution in [3.05, 3.63) is 206 Å². The number of benzene rings is 10. The second-order valence-corrected chi connectivity index (χ2v) is 16.3. The molecule has 12 rings (SSSR count). The van der Waals surface area contributed by atoms with Crippen molar-refractivity contribution in [3.63, 3.8) is 0 Å². The fraction of sp³-hybridized carbons (Fsp3) is 0. The molecule has 0 saturated heterocycles. The minimum atomic E-state index is 0.704. The minimum Gasteiger partial charge on any atom is -0.228 e. The maximum Gasteiger partial charge on any atom is 0.160 e. The monoisotopic (exact) mass is 766 g/mol. The Hall–Kier alpha value is -7.46. The van der Waals surface area contributed by atoms with Crippen LogP contribution in [0.25, 0.3) is 119 Å². The number of hydrogen-bond donors (Lipinski definition) is 0. The van der Waals surface area contributed by atoms with Gasteiger partial charge in [-0.15, -0.1) is 11.3 Å². The van der Waals surface area contributed by atoms with E-state index in [1.807, 2.05) is 17.4 Å². The van der Waals surface area contributed by atoms with Gasteiger partial charge in [0.1, 0.15) is 0 Å². The van der Waals surface area contributed by atoms with Gasteiger partial charge in [0.2, 0.25) is 0 Å². The third-order valence-corrected chi connectivity index (χ3v) is 13.1. The summed E-state index contributed by atoms with van der Waals surface area (Å²) in [5.41, 5.74) is 9.76. The minimum absolute atomic E-state index is 0.704. The molecule has 0 fully saturated rings. The molecule has 0 saturated carbocycles. The normalized spacial score (nSPS) is 11.7. The molecule has 0 unspecified atom stereocenters. The number of aromatic nitrogens is 2. The molecule has 3 heteroatoms. The molecule has 0 N–H and O–H groups in total. The van der Waals surface area contributed by atoms with Crippen LogP contribution in [0.15, 0.2) is 206 Å². The summed E-state index contributed by atoms with van der Waals surface area (Å²) in [7, 11) is 0. The standard InChI is InChI=1S/C56H34N2S/c1-2-15-36(16-3-1)56-57-51(39-19-12-18-37(32-39)42-25-13-26-49-46-24-10-11-27-53(46)59-55(42)49)34-52(58-56)45-30-31-47(44-23-9-8-22-43(44)45)54-41-21-7-5-17-38(41)33-50-40-20-6-4-14-35(40)28-29-48(50)54/h1-34H. The molecule has 12 aromatic rings. The van der Waals surface area contributed by atoms with E-state index < -0.39 is 0 Å². The van der Waals surface area contributed by atoms with E-state index >= 15 is 0 Å². The van der Waals surface area contributed by atoms with Crippen LogP contribution in [0, 0.1) is 0 Å². The number of rotatable bonds is 5. The van der Waals surface area contributed by atoms with Crippen molar-refractivity contribution >= 4 is 74.6 Å². The Morgan fingerprint density at radius 2 is 0.932 bits per heavy atom. The molecule has 0 aliphatic rings. The van der Waals surface area contributed by atoms with Gasteiger partial charge >= 0.3 is 0 Å². The first-order chi connectivity index (χ1) is 29.2. The summed E-state index contributed by atoms with van der Waals surface area (Å²) < 4.78 is 2.61. The summed E-state index contributed by atoms with van der Waals surface area (Å²) >= 11 is 1.86. The highest BCUT2D eigenvalue weighted by molar-refractivity contribution is 7.26. The van der Waals surface area contributed by atoms with Gasteiger partial charge < -0.3 is 0 Å². The lowest BCUT2D eigenvalue weighted by Crippen LogP contribution is -1.97. The van der Waals surface area contributed by atoms with E-state index in [4.69, 9.17) is 9.97 Å². The van der Waals surface area contributed by atoms with E-state index in [1.54, 1.807) is 0 Å². The van der Waals surface area contributed by atoms with Gasteiger partial charge in [-0.25, -0.2) is 9.97 Å². The Labute approximate surface area is 345 Å². The predicted octanol–water partition coefficient (Wildman–Crippen LogP) is 15.8. The van der Waals surface area contributed by atoms with Crippen LogP contribution < -0.4 is 0 Å². The van der Waals surface area contributed by atoms with Gasteiger partial charge in [-0.2, -0.15) is 0 Å². The maximum atomic E-state index is 5.32. The third-order valence-electron chi connectivity index (χ3n) is 11.9. The van der Waals surface area contributed by atoms with Crippen LogP contribution in [-0.4, -0.2) is 9.97 Å². The molecule has 0 aliphatic carbocycles. The smallest absolute Gasteiger partial charge is 0.160 e. The SMILES string of the molecule is c1ccc(-c2nc(-c3cccc(-c4cccc5c4sc4ccccc45)c3)cc(-c3ccc(-c4c5ccccc5cc5c4ccc4ccccc45)c4ccccc34)n2)cc1. The highest BCUT2D eigenvalue weighted by Gasteiger charge is 2.19. The number of fused-ring (bicyclic) bond motifs is 8. The molecule has 0 bridgehead atoms. The topological polar surface area (TPSA) is 25.8 Å². The first-order valence-electron chi connectivity index (χ1n) is 20.1. The van der Waals surface area contributed by atoms with Gasteiger partial charge in [0.15, 0.2) is 5.82 Å². The fourth-order valence-corrected chi connectivity index (χ4v) is 10.4. The summed E-state index contributed by atoms with van der Waals surface area (Å²) in [6.45, 7) is 0. The number of hydrogen-bond acceptors (Lipinski definition) is 3. The molecule has 2 nitrogen and oxygen atoms in total. The Balaban J connectivity index is 1.06. The largest absolute Gasteiger partial charge is 0.228 e. The van der Waals surface area contributed by atoms with Gasteiger partial charge in [-0.1, -0.05) is 182 Å². The van der Waals surface area contributed by atoms with Crippen molar-refractivity contribution < 1.29 is 0 Å². The number of thiophene rings is 1. The van der Waals surface area contributed by atoms with E-state index in [1.165, 1.54) is 80.1 Å². The van der Waals surface area contributed by atoms with Crippen molar-refractivity contribution in [1.82, 2.24) is 9.97 Å². The predicted molar refractivity (Wildman–Crippen MR) is 252 cm³/mol. The quantitative estimate of drug-likeness (QED) is 0.129. The lowest BCUT2D eigenvalue weighted by molar-refractivity contribution is 1.18.